The lowest BCUT2D eigenvalue weighted by Gasteiger charge is -2.11. The van der Waals surface area contributed by atoms with E-state index in [0.29, 0.717) is 18.1 Å². The molecule has 0 bridgehead atoms. The van der Waals surface area contributed by atoms with Gasteiger partial charge < -0.3 is 19.5 Å². The minimum Gasteiger partial charge on any atom is -0.495 e. The van der Waals surface area contributed by atoms with Gasteiger partial charge in [0.2, 0.25) is 10.0 Å². The first-order valence-corrected chi connectivity index (χ1v) is 10.8. The summed E-state index contributed by atoms with van der Waals surface area (Å²) in [7, 11) is -2.68. The first-order valence-electron chi connectivity index (χ1n) is 9.25. The highest BCUT2D eigenvalue weighted by Crippen LogP contribution is 2.26. The van der Waals surface area contributed by atoms with E-state index in [1.165, 1.54) is 25.3 Å². The van der Waals surface area contributed by atoms with Gasteiger partial charge in [0.05, 0.1) is 7.11 Å². The lowest BCUT2D eigenvalue weighted by Crippen LogP contribution is -2.21. The summed E-state index contributed by atoms with van der Waals surface area (Å²) in [5.41, 5.74) is 1.31. The van der Waals surface area contributed by atoms with Crippen LogP contribution in [0.4, 0.5) is 5.69 Å². The van der Waals surface area contributed by atoms with E-state index in [4.69, 9.17) is 19.3 Å². The summed E-state index contributed by atoms with van der Waals surface area (Å²) in [6.07, 6.45) is 0. The SMILES string of the molecule is COc1ccc(NC(=O)COc2ccc(OCc3ccccc3)cc2)cc1S(N)(=O)=O. The summed E-state index contributed by atoms with van der Waals surface area (Å²) >= 11 is 0. The van der Waals surface area contributed by atoms with Crippen LogP contribution in [0.5, 0.6) is 17.2 Å². The summed E-state index contributed by atoms with van der Waals surface area (Å²) in [6, 6.07) is 20.8. The van der Waals surface area contributed by atoms with E-state index in [0.717, 1.165) is 5.56 Å². The van der Waals surface area contributed by atoms with Gasteiger partial charge in [0, 0.05) is 5.69 Å². The van der Waals surface area contributed by atoms with Crippen molar-refractivity contribution in [3.05, 3.63) is 78.4 Å². The van der Waals surface area contributed by atoms with E-state index in [-0.39, 0.29) is 22.9 Å². The Morgan fingerprint density at radius 1 is 0.935 bits per heavy atom. The van der Waals surface area contributed by atoms with Crippen LogP contribution in [0.2, 0.25) is 0 Å². The highest BCUT2D eigenvalue weighted by atomic mass is 32.2. The molecule has 3 N–H and O–H groups in total. The van der Waals surface area contributed by atoms with Gasteiger partial charge in [-0.15, -0.1) is 0 Å². The zero-order valence-corrected chi connectivity index (χ0v) is 17.6. The number of carbonyl (C=O) groups excluding carboxylic acids is 1. The largest absolute Gasteiger partial charge is 0.495 e. The number of carbonyl (C=O) groups is 1. The van der Waals surface area contributed by atoms with Gasteiger partial charge in [-0.1, -0.05) is 30.3 Å². The normalized spacial score (nSPS) is 10.9. The molecule has 0 heterocycles. The van der Waals surface area contributed by atoms with Gasteiger partial charge in [-0.2, -0.15) is 0 Å². The van der Waals surface area contributed by atoms with Crippen LogP contribution < -0.4 is 24.7 Å². The number of primary sulfonamides is 1. The number of rotatable bonds is 9. The maximum absolute atomic E-state index is 12.2. The smallest absolute Gasteiger partial charge is 0.262 e. The molecule has 1 amide bonds. The standard InChI is InChI=1S/C22H22N2O6S/c1-28-20-12-7-17(13-21(20)31(23,26)27)24-22(25)15-30-19-10-8-18(9-11-19)29-14-16-5-3-2-4-6-16/h2-13H,14-15H2,1H3,(H,24,25)(H2,23,26,27). The Hall–Kier alpha value is -3.56. The number of nitrogens with one attached hydrogen (secondary N) is 1. The zero-order chi connectivity index (χ0) is 22.3. The van der Waals surface area contributed by atoms with Gasteiger partial charge in [-0.25, -0.2) is 13.6 Å². The minimum absolute atomic E-state index is 0.0892. The number of nitrogens with two attached hydrogens (primary N) is 1. The monoisotopic (exact) mass is 442 g/mol. The molecule has 0 spiro atoms. The van der Waals surface area contributed by atoms with Crippen LogP contribution >= 0.6 is 0 Å². The second kappa shape index (κ2) is 9.96. The number of sulfonamides is 1. The third-order valence-electron chi connectivity index (χ3n) is 4.20. The van der Waals surface area contributed by atoms with E-state index in [2.05, 4.69) is 5.32 Å². The quantitative estimate of drug-likeness (QED) is 0.526. The molecule has 0 atom stereocenters. The van der Waals surface area contributed by atoms with Gasteiger partial charge in [-0.3, -0.25) is 4.79 Å². The van der Waals surface area contributed by atoms with Crippen molar-refractivity contribution < 1.29 is 27.4 Å². The fraction of sp³-hybridized carbons (Fsp3) is 0.136. The average Bonchev–Trinajstić information content (AvgIpc) is 2.77. The van der Waals surface area contributed by atoms with Crippen LogP contribution in [0.15, 0.2) is 77.7 Å². The lowest BCUT2D eigenvalue weighted by atomic mass is 10.2. The highest BCUT2D eigenvalue weighted by molar-refractivity contribution is 7.89. The van der Waals surface area contributed by atoms with Crippen molar-refractivity contribution in [3.8, 4) is 17.2 Å². The van der Waals surface area contributed by atoms with Crippen molar-refractivity contribution in [2.75, 3.05) is 19.0 Å². The fourth-order valence-corrected chi connectivity index (χ4v) is 3.42. The highest BCUT2D eigenvalue weighted by Gasteiger charge is 2.16. The van der Waals surface area contributed by atoms with Crippen molar-refractivity contribution >= 4 is 21.6 Å². The maximum Gasteiger partial charge on any atom is 0.262 e. The van der Waals surface area contributed by atoms with Crippen LogP contribution in [0.25, 0.3) is 0 Å². The number of benzene rings is 3. The topological polar surface area (TPSA) is 117 Å². The molecule has 0 unspecified atom stereocenters. The Labute approximate surface area is 180 Å². The number of ether oxygens (including phenoxy) is 3. The van der Waals surface area contributed by atoms with Crippen molar-refractivity contribution in [3.63, 3.8) is 0 Å². The summed E-state index contributed by atoms with van der Waals surface area (Å²) in [5, 5.41) is 7.74. The van der Waals surface area contributed by atoms with Crippen LogP contribution in [0.3, 0.4) is 0 Å². The molecule has 0 aliphatic heterocycles. The van der Waals surface area contributed by atoms with E-state index < -0.39 is 15.9 Å². The molecular formula is C22H22N2O6S. The van der Waals surface area contributed by atoms with Crippen molar-refractivity contribution in [1.82, 2.24) is 0 Å². The molecular weight excluding hydrogens is 420 g/mol. The minimum atomic E-state index is -4.01. The summed E-state index contributed by atoms with van der Waals surface area (Å²) in [5.74, 6) is 0.790. The number of methoxy groups -OCH3 is 1. The second-order valence-corrected chi connectivity index (χ2v) is 8.02. The number of hydrogen-bond acceptors (Lipinski definition) is 6. The molecule has 0 saturated heterocycles. The summed E-state index contributed by atoms with van der Waals surface area (Å²) in [6.45, 7) is 0.187. The van der Waals surface area contributed by atoms with Crippen LogP contribution in [0, 0.1) is 0 Å². The molecule has 31 heavy (non-hydrogen) atoms. The van der Waals surface area contributed by atoms with E-state index in [9.17, 15) is 13.2 Å². The van der Waals surface area contributed by atoms with E-state index in [1.807, 2.05) is 30.3 Å². The summed E-state index contributed by atoms with van der Waals surface area (Å²) < 4.78 is 39.5. The molecule has 3 rings (SSSR count). The Morgan fingerprint density at radius 2 is 1.58 bits per heavy atom. The molecule has 9 heteroatoms. The molecule has 0 saturated carbocycles. The Morgan fingerprint density at radius 3 is 2.19 bits per heavy atom. The van der Waals surface area contributed by atoms with E-state index >= 15 is 0 Å². The zero-order valence-electron chi connectivity index (χ0n) is 16.8. The molecule has 0 radical (unpaired) electrons. The molecule has 0 aromatic heterocycles. The molecule has 0 fully saturated rings. The van der Waals surface area contributed by atoms with Gasteiger partial charge in [0.15, 0.2) is 6.61 Å². The first-order chi connectivity index (χ1) is 14.8. The molecule has 8 nitrogen and oxygen atoms in total. The van der Waals surface area contributed by atoms with Crippen molar-refractivity contribution in [2.24, 2.45) is 5.14 Å². The second-order valence-electron chi connectivity index (χ2n) is 6.49. The third kappa shape index (κ3) is 6.46. The predicted octanol–water partition coefficient (Wildman–Crippen LogP) is 2.94. The molecule has 3 aromatic rings. The molecule has 0 aliphatic carbocycles. The number of amides is 1. The Bertz CT molecular complexity index is 1130. The van der Waals surface area contributed by atoms with Gasteiger partial charge in [0.1, 0.15) is 28.8 Å². The summed E-state index contributed by atoms with van der Waals surface area (Å²) in [4.78, 5) is 11.9. The van der Waals surface area contributed by atoms with Gasteiger partial charge in [-0.05, 0) is 48.0 Å². The Kier molecular flexibility index (Phi) is 7.11. The fourth-order valence-electron chi connectivity index (χ4n) is 2.70. The van der Waals surface area contributed by atoms with Crippen LogP contribution in [-0.2, 0) is 21.4 Å². The van der Waals surface area contributed by atoms with Crippen LogP contribution in [-0.4, -0.2) is 28.0 Å². The number of anilines is 1. The maximum atomic E-state index is 12.2. The van der Waals surface area contributed by atoms with Crippen LogP contribution in [0.1, 0.15) is 5.56 Å². The molecule has 162 valence electrons. The molecule has 3 aromatic carbocycles. The first kappa shape index (κ1) is 22.1. The van der Waals surface area contributed by atoms with Gasteiger partial charge in [0.25, 0.3) is 5.91 Å². The number of hydrogen-bond donors (Lipinski definition) is 2. The lowest BCUT2D eigenvalue weighted by molar-refractivity contribution is -0.118. The predicted molar refractivity (Wildman–Crippen MR) is 116 cm³/mol. The van der Waals surface area contributed by atoms with Gasteiger partial charge >= 0.3 is 0 Å². The average molecular weight is 442 g/mol. The molecule has 0 aliphatic rings. The van der Waals surface area contributed by atoms with Crippen molar-refractivity contribution in [2.45, 2.75) is 11.5 Å². The van der Waals surface area contributed by atoms with E-state index in [1.54, 1.807) is 24.3 Å². The Balaban J connectivity index is 1.53. The van der Waals surface area contributed by atoms with Crippen molar-refractivity contribution in [1.29, 1.82) is 0 Å². The third-order valence-corrected chi connectivity index (χ3v) is 5.13.